The van der Waals surface area contributed by atoms with E-state index in [-0.39, 0.29) is 5.56 Å². The third-order valence-corrected chi connectivity index (χ3v) is 5.40. The maximum absolute atomic E-state index is 12.6. The summed E-state index contributed by atoms with van der Waals surface area (Å²) in [6.45, 7) is 1.98. The summed E-state index contributed by atoms with van der Waals surface area (Å²) in [5.74, 6) is -1.13. The molecule has 1 saturated carbocycles. The molecule has 27 heavy (non-hydrogen) atoms. The molecule has 6 heteroatoms. The Hall–Kier alpha value is -3.41. The number of H-pyrrole nitrogens is 1. The van der Waals surface area contributed by atoms with E-state index in [9.17, 15) is 14.7 Å². The van der Waals surface area contributed by atoms with Crippen LogP contribution in [0.25, 0.3) is 27.5 Å². The zero-order chi connectivity index (χ0) is 18.7. The Morgan fingerprint density at radius 3 is 2.81 bits per heavy atom. The van der Waals surface area contributed by atoms with Crippen LogP contribution < -0.4 is 10.7 Å². The number of aromatic nitrogens is 3. The molecule has 5 rings (SSSR count). The van der Waals surface area contributed by atoms with Crippen LogP contribution in [-0.2, 0) is 0 Å². The van der Waals surface area contributed by atoms with Gasteiger partial charge < -0.3 is 9.90 Å². The smallest absolute Gasteiger partial charge is 0.264 e. The lowest BCUT2D eigenvalue weighted by Crippen LogP contribution is -2.32. The second-order valence-electron chi connectivity index (χ2n) is 7.13. The molecule has 1 fully saturated rings. The molecule has 0 saturated heterocycles. The molecular weight excluding hydrogens is 342 g/mol. The number of hydrogen-bond donors (Lipinski definition) is 1. The van der Waals surface area contributed by atoms with E-state index >= 15 is 0 Å². The second-order valence-corrected chi connectivity index (χ2v) is 7.13. The van der Waals surface area contributed by atoms with Gasteiger partial charge in [0.15, 0.2) is 0 Å². The van der Waals surface area contributed by atoms with Gasteiger partial charge in [-0.05, 0) is 72.2 Å². The number of hydrogen-bond acceptors (Lipinski definition) is 4. The number of aryl methyl sites for hydroxylation is 1. The van der Waals surface area contributed by atoms with Gasteiger partial charge >= 0.3 is 0 Å². The normalized spacial score (nSPS) is 14.1. The third-order valence-electron chi connectivity index (χ3n) is 5.40. The minimum Gasteiger partial charge on any atom is -0.545 e. The van der Waals surface area contributed by atoms with Gasteiger partial charge in [-0.2, -0.15) is 5.10 Å². The van der Waals surface area contributed by atoms with Gasteiger partial charge in [-0.1, -0.05) is 6.07 Å². The first-order valence-corrected chi connectivity index (χ1v) is 8.88. The zero-order valence-electron chi connectivity index (χ0n) is 14.7. The number of carboxylic acid groups (broad SMARTS) is 1. The Morgan fingerprint density at radius 1 is 1.26 bits per heavy atom. The number of rotatable bonds is 3. The van der Waals surface area contributed by atoms with Crippen LogP contribution in [0.2, 0.25) is 0 Å². The van der Waals surface area contributed by atoms with E-state index in [2.05, 4.69) is 16.3 Å². The van der Waals surface area contributed by atoms with Crippen molar-refractivity contribution >= 4 is 22.4 Å². The molecule has 1 aliphatic rings. The van der Waals surface area contributed by atoms with E-state index in [0.29, 0.717) is 5.92 Å². The summed E-state index contributed by atoms with van der Waals surface area (Å²) in [4.78, 5) is 24.0. The Kier molecular flexibility index (Phi) is 3.25. The van der Waals surface area contributed by atoms with Gasteiger partial charge in [0.25, 0.3) is 5.56 Å². The van der Waals surface area contributed by atoms with Crippen molar-refractivity contribution in [2.75, 3.05) is 0 Å². The van der Waals surface area contributed by atoms with E-state index in [1.165, 1.54) is 10.5 Å². The summed E-state index contributed by atoms with van der Waals surface area (Å²) in [7, 11) is 0. The maximum Gasteiger partial charge on any atom is 0.264 e. The van der Waals surface area contributed by atoms with Crippen molar-refractivity contribution < 1.29 is 9.90 Å². The number of benzene rings is 1. The lowest BCUT2D eigenvalue weighted by molar-refractivity contribution is -0.255. The first-order chi connectivity index (χ1) is 13.0. The van der Waals surface area contributed by atoms with Crippen LogP contribution in [-0.4, -0.2) is 20.6 Å². The van der Waals surface area contributed by atoms with E-state index in [1.54, 1.807) is 12.4 Å². The second kappa shape index (κ2) is 5.54. The van der Waals surface area contributed by atoms with Crippen molar-refractivity contribution in [1.29, 1.82) is 0 Å². The summed E-state index contributed by atoms with van der Waals surface area (Å²) in [5.41, 5.74) is 4.86. The van der Waals surface area contributed by atoms with Gasteiger partial charge in [0.2, 0.25) is 0 Å². The lowest BCUT2D eigenvalue weighted by atomic mass is 9.96. The van der Waals surface area contributed by atoms with E-state index in [4.69, 9.17) is 0 Å². The van der Waals surface area contributed by atoms with E-state index < -0.39 is 11.5 Å². The highest BCUT2D eigenvalue weighted by Crippen LogP contribution is 2.43. The number of pyridine rings is 2. The Bertz CT molecular complexity index is 1300. The van der Waals surface area contributed by atoms with Crippen LogP contribution in [0, 0.1) is 6.92 Å². The molecule has 0 unspecified atom stereocenters. The zero-order valence-corrected chi connectivity index (χ0v) is 14.7. The largest absolute Gasteiger partial charge is 0.545 e. The first-order valence-electron chi connectivity index (χ1n) is 8.88. The van der Waals surface area contributed by atoms with Crippen molar-refractivity contribution in [3.63, 3.8) is 0 Å². The Labute approximate surface area is 154 Å². The molecule has 0 atom stereocenters. The number of nitrogens with zero attached hydrogens (tertiary/aromatic N) is 2. The molecule has 1 aliphatic carbocycles. The summed E-state index contributed by atoms with van der Waals surface area (Å²) in [6, 6.07) is 9.43. The van der Waals surface area contributed by atoms with Crippen LogP contribution in [0.5, 0.6) is 0 Å². The van der Waals surface area contributed by atoms with Crippen molar-refractivity contribution in [3.05, 3.63) is 69.8 Å². The fraction of sp³-hybridized carbons (Fsp3) is 0.190. The van der Waals surface area contributed by atoms with Gasteiger partial charge in [-0.25, -0.2) is 0 Å². The Morgan fingerprint density at radius 2 is 2.07 bits per heavy atom. The molecule has 4 aromatic rings. The third kappa shape index (κ3) is 2.37. The number of aromatic amines is 1. The van der Waals surface area contributed by atoms with Crippen molar-refractivity contribution in [2.24, 2.45) is 0 Å². The van der Waals surface area contributed by atoms with Gasteiger partial charge in [0.1, 0.15) is 0 Å². The topological polar surface area (TPSA) is 90.3 Å². The molecule has 0 bridgehead atoms. The van der Waals surface area contributed by atoms with Crippen molar-refractivity contribution in [3.8, 4) is 11.1 Å². The van der Waals surface area contributed by atoms with Gasteiger partial charge in [-0.3, -0.25) is 14.3 Å². The number of carbonyl (C=O) groups is 1. The number of aromatic carboxylic acids is 1. The fourth-order valence-electron chi connectivity index (χ4n) is 3.87. The molecule has 0 radical (unpaired) electrons. The SMILES string of the molecule is Cc1c(-c2ccc3[nH]ncc3c2)ccn2c(=O)c(C(=O)[O-])cc(C3CC3)c12. The summed E-state index contributed by atoms with van der Waals surface area (Å²) in [5, 5.41) is 19.4. The lowest BCUT2D eigenvalue weighted by Gasteiger charge is -2.16. The molecule has 3 heterocycles. The molecule has 1 aromatic carbocycles. The summed E-state index contributed by atoms with van der Waals surface area (Å²) >= 11 is 0. The molecule has 1 N–H and O–H groups in total. The van der Waals surface area contributed by atoms with Crippen molar-refractivity contribution in [2.45, 2.75) is 25.7 Å². The average molecular weight is 358 g/mol. The number of carbonyl (C=O) groups excluding carboxylic acids is 1. The van der Waals surface area contributed by atoms with Gasteiger partial charge in [-0.15, -0.1) is 0 Å². The highest BCUT2D eigenvalue weighted by Gasteiger charge is 2.28. The van der Waals surface area contributed by atoms with E-state index in [0.717, 1.165) is 51.5 Å². The Balaban J connectivity index is 1.82. The average Bonchev–Trinajstić information content (AvgIpc) is 3.39. The van der Waals surface area contributed by atoms with Crippen molar-refractivity contribution in [1.82, 2.24) is 14.6 Å². The van der Waals surface area contributed by atoms with Crippen LogP contribution >= 0.6 is 0 Å². The quantitative estimate of drug-likeness (QED) is 0.609. The predicted molar refractivity (Wildman–Crippen MR) is 99.8 cm³/mol. The number of fused-ring (bicyclic) bond motifs is 2. The summed E-state index contributed by atoms with van der Waals surface area (Å²) in [6.07, 6.45) is 5.45. The van der Waals surface area contributed by atoms with Crippen LogP contribution in [0.4, 0.5) is 0 Å². The highest BCUT2D eigenvalue weighted by atomic mass is 16.4. The van der Waals surface area contributed by atoms with Crippen LogP contribution in [0.15, 0.2) is 47.5 Å². The predicted octanol–water partition coefficient (Wildman–Crippen LogP) is 2.39. The number of carboxylic acids is 1. The molecule has 0 aliphatic heterocycles. The van der Waals surface area contributed by atoms with Crippen LogP contribution in [0.3, 0.4) is 0 Å². The van der Waals surface area contributed by atoms with E-state index in [1.807, 2.05) is 25.1 Å². The maximum atomic E-state index is 12.6. The minimum atomic E-state index is -1.43. The first kappa shape index (κ1) is 15.8. The molecule has 6 nitrogen and oxygen atoms in total. The number of nitrogens with one attached hydrogen (secondary N) is 1. The monoisotopic (exact) mass is 358 g/mol. The minimum absolute atomic E-state index is 0.277. The summed E-state index contributed by atoms with van der Waals surface area (Å²) < 4.78 is 1.45. The standard InChI is InChI=1S/C21H17N3O3/c1-11-15(13-4-5-18-14(8-13)10-22-23-18)6-7-24-19(11)16(12-2-3-12)9-17(20(24)25)21(26)27/h4-10,12H,2-3H2,1H3,(H,22,23)(H,26,27)/p-1. The highest BCUT2D eigenvalue weighted by molar-refractivity contribution is 5.89. The molecule has 3 aromatic heterocycles. The van der Waals surface area contributed by atoms with Gasteiger partial charge in [0, 0.05) is 11.6 Å². The molecule has 134 valence electrons. The fourth-order valence-corrected chi connectivity index (χ4v) is 3.87. The van der Waals surface area contributed by atoms with Gasteiger partial charge in [0.05, 0.1) is 28.8 Å². The molecule has 0 amide bonds. The molecule has 0 spiro atoms. The van der Waals surface area contributed by atoms with Crippen LogP contribution in [0.1, 0.15) is 40.2 Å². The molecular formula is C21H16N3O3-.